The second-order valence-electron chi connectivity index (χ2n) is 4.74. The second-order valence-corrected chi connectivity index (χ2v) is 4.74. The van der Waals surface area contributed by atoms with Gasteiger partial charge in [0.1, 0.15) is 5.82 Å². The molecule has 1 saturated heterocycles. The third-order valence-electron chi connectivity index (χ3n) is 3.46. The van der Waals surface area contributed by atoms with Crippen molar-refractivity contribution in [3.63, 3.8) is 0 Å². The lowest BCUT2D eigenvalue weighted by Crippen LogP contribution is -2.50. The predicted octanol–water partition coefficient (Wildman–Crippen LogP) is 2.05. The van der Waals surface area contributed by atoms with Gasteiger partial charge in [0.15, 0.2) is 0 Å². The summed E-state index contributed by atoms with van der Waals surface area (Å²) in [5.74, 6) is -0.151. The van der Waals surface area contributed by atoms with Crippen LogP contribution in [0.3, 0.4) is 0 Å². The summed E-state index contributed by atoms with van der Waals surface area (Å²) < 4.78 is 12.8. The van der Waals surface area contributed by atoms with Crippen LogP contribution in [0.2, 0.25) is 0 Å². The highest BCUT2D eigenvalue weighted by atomic mass is 19.1. The number of piperazine rings is 1. The van der Waals surface area contributed by atoms with Crippen LogP contribution in [-0.2, 0) is 6.42 Å². The van der Waals surface area contributed by atoms with E-state index in [1.165, 1.54) is 12.0 Å². The Labute approximate surface area is 103 Å². The van der Waals surface area contributed by atoms with E-state index in [9.17, 15) is 4.39 Å². The highest BCUT2D eigenvalue weighted by molar-refractivity contribution is 5.16. The molecule has 1 N–H and O–H groups in total. The molecule has 2 rings (SSSR count). The van der Waals surface area contributed by atoms with Gasteiger partial charge in [0.05, 0.1) is 0 Å². The van der Waals surface area contributed by atoms with Gasteiger partial charge in [-0.3, -0.25) is 0 Å². The zero-order valence-electron chi connectivity index (χ0n) is 10.5. The van der Waals surface area contributed by atoms with Crippen LogP contribution in [0.5, 0.6) is 0 Å². The first-order chi connectivity index (χ1) is 8.28. The lowest BCUT2D eigenvalue weighted by atomic mass is 10.1. The molecule has 0 aromatic heterocycles. The van der Waals surface area contributed by atoms with Crippen molar-refractivity contribution < 1.29 is 4.39 Å². The van der Waals surface area contributed by atoms with Gasteiger partial charge < -0.3 is 10.2 Å². The Morgan fingerprint density at radius 2 is 2.12 bits per heavy atom. The van der Waals surface area contributed by atoms with E-state index in [4.69, 9.17) is 0 Å². The first kappa shape index (κ1) is 12.5. The minimum atomic E-state index is -0.151. The number of hydrogen-bond donors (Lipinski definition) is 1. The SMILES string of the molecule is CCC1CN(CCc2ccc(F)cc2)CCN1. The second kappa shape index (κ2) is 6.12. The molecule has 3 heteroatoms. The lowest BCUT2D eigenvalue weighted by Gasteiger charge is -2.33. The van der Waals surface area contributed by atoms with Gasteiger partial charge in [0.25, 0.3) is 0 Å². The van der Waals surface area contributed by atoms with Gasteiger partial charge in [0, 0.05) is 32.2 Å². The smallest absolute Gasteiger partial charge is 0.123 e. The van der Waals surface area contributed by atoms with Crippen LogP contribution in [-0.4, -0.2) is 37.1 Å². The van der Waals surface area contributed by atoms with Gasteiger partial charge in [-0.15, -0.1) is 0 Å². The Morgan fingerprint density at radius 1 is 1.35 bits per heavy atom. The maximum Gasteiger partial charge on any atom is 0.123 e. The van der Waals surface area contributed by atoms with E-state index in [0.717, 1.165) is 32.6 Å². The number of nitrogens with zero attached hydrogens (tertiary/aromatic N) is 1. The molecule has 0 saturated carbocycles. The van der Waals surface area contributed by atoms with Crippen LogP contribution in [0, 0.1) is 5.82 Å². The van der Waals surface area contributed by atoms with E-state index in [0.29, 0.717) is 6.04 Å². The number of benzene rings is 1. The molecule has 94 valence electrons. The number of hydrogen-bond acceptors (Lipinski definition) is 2. The van der Waals surface area contributed by atoms with Gasteiger partial charge in [-0.2, -0.15) is 0 Å². The van der Waals surface area contributed by atoms with E-state index in [1.54, 1.807) is 12.1 Å². The summed E-state index contributed by atoms with van der Waals surface area (Å²) >= 11 is 0. The minimum Gasteiger partial charge on any atom is -0.311 e. The Balaban J connectivity index is 1.79. The molecule has 0 amide bonds. The molecule has 0 spiro atoms. The van der Waals surface area contributed by atoms with Gasteiger partial charge in [-0.1, -0.05) is 19.1 Å². The van der Waals surface area contributed by atoms with Gasteiger partial charge in [-0.05, 0) is 30.5 Å². The minimum absolute atomic E-state index is 0.151. The summed E-state index contributed by atoms with van der Waals surface area (Å²) in [5, 5.41) is 3.51. The summed E-state index contributed by atoms with van der Waals surface area (Å²) in [5.41, 5.74) is 1.22. The van der Waals surface area contributed by atoms with Crippen molar-refractivity contribution in [1.29, 1.82) is 0 Å². The fourth-order valence-electron chi connectivity index (χ4n) is 2.31. The average molecular weight is 236 g/mol. The van der Waals surface area contributed by atoms with Crippen LogP contribution < -0.4 is 5.32 Å². The van der Waals surface area contributed by atoms with Crippen LogP contribution in [0.4, 0.5) is 4.39 Å². The lowest BCUT2D eigenvalue weighted by molar-refractivity contribution is 0.199. The summed E-state index contributed by atoms with van der Waals surface area (Å²) in [6.45, 7) is 6.64. The molecule has 17 heavy (non-hydrogen) atoms. The Hall–Kier alpha value is -0.930. The molecule has 0 radical (unpaired) electrons. The van der Waals surface area contributed by atoms with Gasteiger partial charge in [0.2, 0.25) is 0 Å². The Kier molecular flexibility index (Phi) is 4.51. The molecule has 1 aromatic rings. The molecule has 0 bridgehead atoms. The molecule has 0 aliphatic carbocycles. The normalized spacial score (nSPS) is 21.6. The molecule has 2 nitrogen and oxygen atoms in total. The van der Waals surface area contributed by atoms with Crippen molar-refractivity contribution in [3.8, 4) is 0 Å². The first-order valence-corrected chi connectivity index (χ1v) is 6.48. The molecule has 1 atom stereocenters. The summed E-state index contributed by atoms with van der Waals surface area (Å²) in [4.78, 5) is 2.49. The van der Waals surface area contributed by atoms with Crippen molar-refractivity contribution in [2.75, 3.05) is 26.2 Å². The van der Waals surface area contributed by atoms with Crippen LogP contribution in [0.25, 0.3) is 0 Å². The van der Waals surface area contributed by atoms with Crippen molar-refractivity contribution in [3.05, 3.63) is 35.6 Å². The van der Waals surface area contributed by atoms with Crippen molar-refractivity contribution in [2.45, 2.75) is 25.8 Å². The average Bonchev–Trinajstić information content (AvgIpc) is 2.38. The molecular weight excluding hydrogens is 215 g/mol. The zero-order valence-corrected chi connectivity index (χ0v) is 10.5. The van der Waals surface area contributed by atoms with Crippen LogP contribution in [0.1, 0.15) is 18.9 Å². The fourth-order valence-corrected chi connectivity index (χ4v) is 2.31. The zero-order chi connectivity index (χ0) is 12.1. The van der Waals surface area contributed by atoms with Crippen LogP contribution in [0.15, 0.2) is 24.3 Å². The highest BCUT2D eigenvalue weighted by Gasteiger charge is 2.16. The fraction of sp³-hybridized carbons (Fsp3) is 0.571. The molecular formula is C14H21FN2. The third-order valence-corrected chi connectivity index (χ3v) is 3.46. The monoisotopic (exact) mass is 236 g/mol. The number of halogens is 1. The molecule has 1 aliphatic rings. The molecule has 1 aliphatic heterocycles. The summed E-state index contributed by atoms with van der Waals surface area (Å²) in [7, 11) is 0. The van der Waals surface area contributed by atoms with E-state index < -0.39 is 0 Å². The number of rotatable bonds is 4. The van der Waals surface area contributed by atoms with Crippen molar-refractivity contribution in [1.82, 2.24) is 10.2 Å². The number of nitrogens with one attached hydrogen (secondary N) is 1. The Morgan fingerprint density at radius 3 is 2.82 bits per heavy atom. The largest absolute Gasteiger partial charge is 0.311 e. The molecule has 1 fully saturated rings. The van der Waals surface area contributed by atoms with E-state index in [1.807, 2.05) is 12.1 Å². The topological polar surface area (TPSA) is 15.3 Å². The van der Waals surface area contributed by atoms with Crippen molar-refractivity contribution in [2.24, 2.45) is 0 Å². The third kappa shape index (κ3) is 3.79. The van der Waals surface area contributed by atoms with Crippen LogP contribution >= 0.6 is 0 Å². The van der Waals surface area contributed by atoms with Gasteiger partial charge in [-0.25, -0.2) is 4.39 Å². The Bertz CT molecular complexity index is 337. The van der Waals surface area contributed by atoms with E-state index in [2.05, 4.69) is 17.1 Å². The predicted molar refractivity (Wildman–Crippen MR) is 68.6 cm³/mol. The maximum absolute atomic E-state index is 12.8. The van der Waals surface area contributed by atoms with E-state index >= 15 is 0 Å². The first-order valence-electron chi connectivity index (χ1n) is 6.48. The molecule has 1 heterocycles. The highest BCUT2D eigenvalue weighted by Crippen LogP contribution is 2.07. The molecule has 1 unspecified atom stereocenters. The van der Waals surface area contributed by atoms with Crippen molar-refractivity contribution >= 4 is 0 Å². The van der Waals surface area contributed by atoms with E-state index in [-0.39, 0.29) is 5.82 Å². The summed E-state index contributed by atoms with van der Waals surface area (Å²) in [6.07, 6.45) is 2.20. The standard InChI is InChI=1S/C14H21FN2/c1-2-14-11-17(10-8-16-14)9-7-12-3-5-13(15)6-4-12/h3-6,14,16H,2,7-11H2,1H3. The van der Waals surface area contributed by atoms with Gasteiger partial charge >= 0.3 is 0 Å². The maximum atomic E-state index is 12.8. The quantitative estimate of drug-likeness (QED) is 0.860. The molecule has 1 aromatic carbocycles. The summed E-state index contributed by atoms with van der Waals surface area (Å²) in [6, 6.07) is 7.49.